The first-order valence-electron chi connectivity index (χ1n) is 18.4. The van der Waals surface area contributed by atoms with Crippen molar-refractivity contribution in [2.75, 3.05) is 0 Å². The van der Waals surface area contributed by atoms with E-state index in [1.54, 1.807) is 0 Å². The van der Waals surface area contributed by atoms with Gasteiger partial charge in [-0.25, -0.2) is 19.9 Å². The Labute approximate surface area is 320 Å². The van der Waals surface area contributed by atoms with Gasteiger partial charge in [0.2, 0.25) is 5.95 Å². The van der Waals surface area contributed by atoms with Crippen LogP contribution < -0.4 is 0 Å². The van der Waals surface area contributed by atoms with Crippen molar-refractivity contribution in [1.82, 2.24) is 34.5 Å². The van der Waals surface area contributed by atoms with Crippen LogP contribution in [0.15, 0.2) is 180 Å². The normalized spacial score (nSPS) is 11.6. The summed E-state index contributed by atoms with van der Waals surface area (Å²) in [4.78, 5) is 30.3. The average Bonchev–Trinajstić information content (AvgIpc) is 3.54. The molecule has 0 aliphatic carbocycles. The molecular weight excluding hydrogens is 691 g/mol. The summed E-state index contributed by atoms with van der Waals surface area (Å²) < 4.78 is 8.73. The Hall–Kier alpha value is -7.84. The highest BCUT2D eigenvalue weighted by Gasteiger charge is 2.22. The second-order valence-corrected chi connectivity index (χ2v) is 13.6. The summed E-state index contributed by atoms with van der Waals surface area (Å²) in [7, 11) is 0. The summed E-state index contributed by atoms with van der Waals surface area (Å²) in [6.45, 7) is 0. The molecule has 0 bridgehead atoms. The predicted molar refractivity (Wildman–Crippen MR) is 222 cm³/mol. The molecule has 0 spiro atoms. The molecule has 56 heavy (non-hydrogen) atoms. The van der Waals surface area contributed by atoms with Crippen LogP contribution in [0, 0.1) is 0 Å². The first-order chi connectivity index (χ1) is 27.7. The van der Waals surface area contributed by atoms with Crippen molar-refractivity contribution in [1.29, 1.82) is 0 Å². The third-order valence-electron chi connectivity index (χ3n) is 10.1. The molecule has 0 saturated carbocycles. The number of hydrogen-bond acceptors (Lipinski definition) is 7. The number of benzene rings is 7. The van der Waals surface area contributed by atoms with E-state index in [2.05, 4.69) is 34.9 Å². The van der Waals surface area contributed by atoms with Crippen LogP contribution in [0.5, 0.6) is 0 Å². The molecule has 4 aromatic heterocycles. The average molecular weight is 720 g/mol. The number of para-hydroxylation sites is 1. The lowest BCUT2D eigenvalue weighted by molar-refractivity contribution is 0.664. The van der Waals surface area contributed by atoms with Gasteiger partial charge in [-0.2, -0.15) is 9.97 Å². The molecule has 0 atom stereocenters. The van der Waals surface area contributed by atoms with Crippen molar-refractivity contribution < 1.29 is 4.42 Å². The van der Waals surface area contributed by atoms with Crippen LogP contribution >= 0.6 is 0 Å². The molecule has 0 fully saturated rings. The molecule has 0 radical (unpaired) electrons. The maximum absolute atomic E-state index is 6.60. The fraction of sp³-hybridized carbons (Fsp3) is 0. The number of nitrogens with zero attached hydrogens (tertiary/aromatic N) is 7. The van der Waals surface area contributed by atoms with Crippen molar-refractivity contribution in [3.8, 4) is 62.9 Å². The maximum Gasteiger partial charge on any atom is 0.238 e. The minimum atomic E-state index is 0.500. The van der Waals surface area contributed by atoms with Gasteiger partial charge < -0.3 is 4.42 Å². The zero-order valence-electron chi connectivity index (χ0n) is 29.8. The SMILES string of the molecule is c1ccc(-c2nc(-c3ccccc3)nc(-c3cccc(-c4nc(-c5ccccc5)nc(-n5c6cccc7oc8ccccc8c8cccc5c8c76)n4)c3)n2)cc1. The zero-order valence-corrected chi connectivity index (χ0v) is 29.8. The van der Waals surface area contributed by atoms with Gasteiger partial charge >= 0.3 is 0 Å². The van der Waals surface area contributed by atoms with E-state index in [0.717, 1.165) is 71.6 Å². The first kappa shape index (κ1) is 31.7. The molecule has 0 amide bonds. The molecule has 0 unspecified atom stereocenters. The zero-order chi connectivity index (χ0) is 37.0. The molecule has 0 aliphatic heterocycles. The predicted octanol–water partition coefficient (Wildman–Crippen LogP) is 11.4. The lowest BCUT2D eigenvalue weighted by Gasteiger charge is -2.12. The quantitative estimate of drug-likeness (QED) is 0.169. The molecule has 8 nitrogen and oxygen atoms in total. The van der Waals surface area contributed by atoms with Crippen LogP contribution in [0.25, 0.3) is 107 Å². The fourth-order valence-corrected chi connectivity index (χ4v) is 7.54. The lowest BCUT2D eigenvalue weighted by atomic mass is 10.1. The van der Waals surface area contributed by atoms with E-state index in [9.17, 15) is 0 Å². The Bertz CT molecular complexity index is 3190. The van der Waals surface area contributed by atoms with Crippen LogP contribution in [-0.2, 0) is 0 Å². The molecule has 262 valence electrons. The van der Waals surface area contributed by atoms with Gasteiger partial charge in [0, 0.05) is 38.6 Å². The standard InChI is InChI=1S/C48H29N7O/c1-4-15-30(16-5-1)43-49-44(31-17-6-2-7-18-31)51-46(50-43)33-21-12-22-34(29-33)47-52-45(32-19-8-3-9-20-32)53-48(54-47)55-37-25-13-24-36-35-23-10-11-27-39(35)56-40-28-14-26-38(55)42(40)41(36)37/h1-29H. The van der Waals surface area contributed by atoms with Crippen molar-refractivity contribution >= 4 is 43.7 Å². The van der Waals surface area contributed by atoms with E-state index in [1.165, 1.54) is 0 Å². The highest BCUT2D eigenvalue weighted by Crippen LogP contribution is 2.40. The number of fused-ring (bicyclic) bond motifs is 2. The van der Waals surface area contributed by atoms with E-state index in [1.807, 2.05) is 146 Å². The van der Waals surface area contributed by atoms with Gasteiger partial charge in [-0.15, -0.1) is 0 Å². The Morgan fingerprint density at radius 1 is 0.321 bits per heavy atom. The topological polar surface area (TPSA) is 95.4 Å². The summed E-state index contributed by atoms with van der Waals surface area (Å²) in [5.74, 6) is 3.32. The molecule has 4 heterocycles. The molecule has 0 N–H and O–H groups in total. The molecule has 0 aliphatic rings. The molecular formula is C48H29N7O. The van der Waals surface area contributed by atoms with Crippen molar-refractivity contribution in [2.45, 2.75) is 0 Å². The minimum absolute atomic E-state index is 0.500. The molecule has 11 rings (SSSR count). The van der Waals surface area contributed by atoms with Crippen LogP contribution in [0.2, 0.25) is 0 Å². The molecule has 8 heteroatoms. The molecule has 11 aromatic rings. The summed E-state index contributed by atoms with van der Waals surface area (Å²) in [5.41, 5.74) is 7.84. The Balaban J connectivity index is 1.13. The van der Waals surface area contributed by atoms with Crippen LogP contribution in [-0.4, -0.2) is 34.5 Å². The van der Waals surface area contributed by atoms with E-state index in [0.29, 0.717) is 35.1 Å². The lowest BCUT2D eigenvalue weighted by Crippen LogP contribution is -2.06. The van der Waals surface area contributed by atoms with Gasteiger partial charge in [-0.05, 0) is 35.7 Å². The largest absolute Gasteiger partial charge is 0.456 e. The molecule has 7 aromatic carbocycles. The van der Waals surface area contributed by atoms with Gasteiger partial charge in [0.05, 0.1) is 16.4 Å². The van der Waals surface area contributed by atoms with Gasteiger partial charge in [0.1, 0.15) is 11.2 Å². The van der Waals surface area contributed by atoms with Crippen molar-refractivity contribution in [2.24, 2.45) is 0 Å². The summed E-state index contributed by atoms with van der Waals surface area (Å²) in [6.07, 6.45) is 0. The summed E-state index contributed by atoms with van der Waals surface area (Å²) in [5, 5.41) is 4.24. The second kappa shape index (κ2) is 12.9. The third-order valence-corrected chi connectivity index (χ3v) is 10.1. The van der Waals surface area contributed by atoms with E-state index < -0.39 is 0 Å². The van der Waals surface area contributed by atoms with Crippen LogP contribution in [0.3, 0.4) is 0 Å². The highest BCUT2D eigenvalue weighted by atomic mass is 16.3. The van der Waals surface area contributed by atoms with Gasteiger partial charge in [-0.1, -0.05) is 146 Å². The number of rotatable bonds is 6. The van der Waals surface area contributed by atoms with E-state index in [-0.39, 0.29) is 0 Å². The second-order valence-electron chi connectivity index (χ2n) is 13.6. The Kier molecular flexibility index (Phi) is 7.31. The summed E-state index contributed by atoms with van der Waals surface area (Å²) >= 11 is 0. The Morgan fingerprint density at radius 2 is 0.732 bits per heavy atom. The number of aromatic nitrogens is 7. The van der Waals surface area contributed by atoms with E-state index in [4.69, 9.17) is 34.3 Å². The smallest absolute Gasteiger partial charge is 0.238 e. The van der Waals surface area contributed by atoms with Crippen LogP contribution in [0.1, 0.15) is 0 Å². The highest BCUT2D eigenvalue weighted by molar-refractivity contribution is 6.26. The van der Waals surface area contributed by atoms with Gasteiger partial charge in [-0.3, -0.25) is 4.57 Å². The monoisotopic (exact) mass is 719 g/mol. The first-order valence-corrected chi connectivity index (χ1v) is 18.4. The van der Waals surface area contributed by atoms with Crippen molar-refractivity contribution in [3.63, 3.8) is 0 Å². The van der Waals surface area contributed by atoms with Gasteiger partial charge in [0.15, 0.2) is 29.1 Å². The fourth-order valence-electron chi connectivity index (χ4n) is 7.54. The maximum atomic E-state index is 6.60. The van der Waals surface area contributed by atoms with Gasteiger partial charge in [0.25, 0.3) is 0 Å². The minimum Gasteiger partial charge on any atom is -0.456 e. The van der Waals surface area contributed by atoms with E-state index >= 15 is 0 Å². The third kappa shape index (κ3) is 5.31. The Morgan fingerprint density at radius 3 is 1.34 bits per heavy atom. The van der Waals surface area contributed by atoms with Crippen molar-refractivity contribution in [3.05, 3.63) is 176 Å². The molecule has 0 saturated heterocycles. The number of hydrogen-bond donors (Lipinski definition) is 0. The van der Waals surface area contributed by atoms with Crippen LogP contribution in [0.4, 0.5) is 0 Å². The summed E-state index contributed by atoms with van der Waals surface area (Å²) in [6, 6.07) is 58.7.